The van der Waals surface area contributed by atoms with Gasteiger partial charge in [-0.1, -0.05) is 44.5 Å². The second kappa shape index (κ2) is 33.1. The average Bonchev–Trinajstić information content (AvgIpc) is 3.36. The van der Waals surface area contributed by atoms with E-state index in [1.165, 1.54) is 62.4 Å². The predicted molar refractivity (Wildman–Crippen MR) is 274 cm³/mol. The van der Waals surface area contributed by atoms with Gasteiger partial charge < -0.3 is 90.9 Å². The summed E-state index contributed by atoms with van der Waals surface area (Å²) in [6.45, 7) is 0.726. The molecule has 0 bridgehead atoms. The Bertz CT molecular complexity index is 2340. The molecule has 0 heterocycles. The Morgan fingerprint density at radius 3 is 1.49 bits per heavy atom. The first-order chi connectivity index (χ1) is 35.9. The highest BCUT2D eigenvalue weighted by Crippen LogP contribution is 2.14. The summed E-state index contributed by atoms with van der Waals surface area (Å²) in [4.78, 5) is 154. The van der Waals surface area contributed by atoms with Gasteiger partial charge in [-0.25, -0.2) is 0 Å². The van der Waals surface area contributed by atoms with Crippen LogP contribution in [0.15, 0.2) is 48.5 Å². The minimum absolute atomic E-state index is 0.0544. The molecule has 0 fully saturated rings. The number of carbonyl (C=O) groups excluding carboxylic acids is 12. The second-order valence-electron chi connectivity index (χ2n) is 17.7. The Hall–Kier alpha value is -7.89. The molecule has 0 saturated carbocycles. The maximum atomic E-state index is 14.0. The fraction of sp³-hybridized carbons (Fsp3) is 0.489. The third-order valence-corrected chi connectivity index (χ3v) is 11.4. The van der Waals surface area contributed by atoms with Crippen LogP contribution in [0.5, 0.6) is 11.5 Å². The molecule has 418 valence electrons. The van der Waals surface area contributed by atoms with Crippen LogP contribution in [0.1, 0.15) is 57.1 Å². The lowest BCUT2D eigenvalue weighted by atomic mass is 10.0. The van der Waals surface area contributed by atoms with E-state index >= 15 is 0 Å². The summed E-state index contributed by atoms with van der Waals surface area (Å²) in [6.07, 6.45) is 0.0342. The molecule has 76 heavy (non-hydrogen) atoms. The lowest BCUT2D eigenvalue weighted by Gasteiger charge is -2.26. The van der Waals surface area contributed by atoms with Crippen LogP contribution in [0.2, 0.25) is 0 Å². The standard InChI is InChI=1S/C47H69N13O15S/c1-24(2)40(47(75)58-34(22-62)45(73)59-35(23-76)46(74)54-27(21-61)17-36(50)65)60-39(68)20-53-43(71)33(18-37(51)66)55-38(67)19-52-42(70)31(15-25-6-10-28(63)11-7-25)57-44(72)32(16-26-8-12-29(64)13-9-26)56-41(69)30(49)5-3-4-14-48/h6-13,21,24,27,30-35,40,62-64,76H,3-5,14-20,22-23,48-49H2,1-2H3,(H2,50,65)(H2,51,66)(H,52,70)(H,53,71)(H,54,74)(H,55,67)(H,56,69)(H,57,72)(H,58,75)(H,59,73)(H,60,68)/t27-,30-,31-,32-,33+,34+,35+,40+/m0/s1. The average molecular weight is 1090 g/mol. The van der Waals surface area contributed by atoms with E-state index in [9.17, 15) is 72.9 Å². The van der Waals surface area contributed by atoms with Gasteiger partial charge in [-0.3, -0.25) is 52.7 Å². The number of primary amides is 2. The van der Waals surface area contributed by atoms with Crippen molar-refractivity contribution in [1.29, 1.82) is 0 Å². The monoisotopic (exact) mass is 1090 g/mol. The Morgan fingerprint density at radius 2 is 1.01 bits per heavy atom. The molecular weight excluding hydrogens is 1020 g/mol. The quantitative estimate of drug-likeness (QED) is 0.0176. The lowest BCUT2D eigenvalue weighted by molar-refractivity contribution is -0.135. The summed E-state index contributed by atoms with van der Waals surface area (Å²) in [6, 6.07) is 0.154. The smallest absolute Gasteiger partial charge is 0.245 e. The van der Waals surface area contributed by atoms with Crippen molar-refractivity contribution in [3.05, 3.63) is 59.7 Å². The zero-order valence-electron chi connectivity index (χ0n) is 41.9. The van der Waals surface area contributed by atoms with E-state index in [0.29, 0.717) is 30.5 Å². The molecule has 20 N–H and O–H groups in total. The zero-order valence-corrected chi connectivity index (χ0v) is 42.8. The van der Waals surface area contributed by atoms with Crippen LogP contribution in [0, 0.1) is 5.92 Å². The van der Waals surface area contributed by atoms with E-state index in [2.05, 4.69) is 60.5 Å². The highest BCUT2D eigenvalue weighted by molar-refractivity contribution is 7.80. The normalized spacial score (nSPS) is 14.0. The number of hydrogen-bond acceptors (Lipinski definition) is 18. The molecule has 0 saturated heterocycles. The first-order valence-electron chi connectivity index (χ1n) is 23.8. The van der Waals surface area contributed by atoms with Gasteiger partial charge in [0, 0.05) is 18.6 Å². The van der Waals surface area contributed by atoms with E-state index in [-0.39, 0.29) is 42.8 Å². The van der Waals surface area contributed by atoms with Gasteiger partial charge in [0.2, 0.25) is 65.0 Å². The fourth-order valence-electron chi connectivity index (χ4n) is 6.90. The van der Waals surface area contributed by atoms with Crippen LogP contribution in [-0.4, -0.2) is 167 Å². The molecule has 2 aromatic rings. The van der Waals surface area contributed by atoms with Crippen molar-refractivity contribution in [2.24, 2.45) is 28.9 Å². The predicted octanol–water partition coefficient (Wildman–Crippen LogP) is -6.51. The van der Waals surface area contributed by atoms with Gasteiger partial charge in [0.15, 0.2) is 0 Å². The highest BCUT2D eigenvalue weighted by atomic mass is 32.1. The molecule has 0 aliphatic carbocycles. The molecular formula is C47H69N13O15S. The summed E-state index contributed by atoms with van der Waals surface area (Å²) in [7, 11) is 0. The van der Waals surface area contributed by atoms with Gasteiger partial charge in [-0.05, 0) is 60.7 Å². The number of unbranched alkanes of at least 4 members (excludes halogenated alkanes) is 1. The number of aliphatic hydroxyl groups excluding tert-OH is 1. The maximum Gasteiger partial charge on any atom is 0.245 e. The number of aliphatic hydroxyl groups is 1. The Kier molecular flexibility index (Phi) is 28.0. The number of phenols is 2. The first-order valence-corrected chi connectivity index (χ1v) is 24.5. The zero-order chi connectivity index (χ0) is 57.1. The van der Waals surface area contributed by atoms with E-state index in [0.717, 1.165) is 0 Å². The Labute approximate surface area is 442 Å². The summed E-state index contributed by atoms with van der Waals surface area (Å²) in [5.74, 6) is -11.7. The van der Waals surface area contributed by atoms with Crippen molar-refractivity contribution in [3.63, 3.8) is 0 Å². The number of carbonyl (C=O) groups is 12. The number of nitrogens with two attached hydrogens (primary N) is 4. The number of phenolic OH excluding ortho intramolecular Hbond substituents is 2. The van der Waals surface area contributed by atoms with E-state index < -0.39 is 152 Å². The summed E-state index contributed by atoms with van der Waals surface area (Å²) >= 11 is 4.00. The second-order valence-corrected chi connectivity index (χ2v) is 18.0. The highest BCUT2D eigenvalue weighted by Gasteiger charge is 2.33. The molecule has 28 nitrogen and oxygen atoms in total. The molecule has 0 aliphatic rings. The van der Waals surface area contributed by atoms with Crippen molar-refractivity contribution in [1.82, 2.24) is 47.9 Å². The number of rotatable bonds is 34. The topological polar surface area (TPSA) is 478 Å². The van der Waals surface area contributed by atoms with Gasteiger partial charge in [-0.2, -0.15) is 12.6 Å². The minimum atomic E-state index is -1.71. The lowest BCUT2D eigenvalue weighted by Crippen LogP contribution is -2.60. The first kappa shape index (κ1) is 64.2. The molecule has 2 aromatic carbocycles. The number of aldehydes is 1. The van der Waals surface area contributed by atoms with Crippen molar-refractivity contribution < 1.29 is 72.9 Å². The van der Waals surface area contributed by atoms with Gasteiger partial charge >= 0.3 is 0 Å². The number of hydrogen-bond donors (Lipinski definition) is 17. The number of benzene rings is 2. The number of thiol groups is 1. The van der Waals surface area contributed by atoms with Crippen molar-refractivity contribution >= 4 is 83.9 Å². The van der Waals surface area contributed by atoms with Crippen molar-refractivity contribution in [2.75, 3.05) is 32.0 Å². The van der Waals surface area contributed by atoms with Crippen molar-refractivity contribution in [3.8, 4) is 11.5 Å². The molecule has 0 radical (unpaired) electrons. The summed E-state index contributed by atoms with van der Waals surface area (Å²) in [5.41, 5.74) is 23.0. The third kappa shape index (κ3) is 23.5. The minimum Gasteiger partial charge on any atom is -0.508 e. The number of amides is 11. The molecule has 0 aliphatic heterocycles. The molecule has 0 unspecified atom stereocenters. The van der Waals surface area contributed by atoms with Crippen LogP contribution >= 0.6 is 12.6 Å². The van der Waals surface area contributed by atoms with Gasteiger partial charge in [0.05, 0.1) is 44.6 Å². The maximum absolute atomic E-state index is 14.0. The molecule has 8 atom stereocenters. The van der Waals surface area contributed by atoms with Crippen LogP contribution in [-0.2, 0) is 70.4 Å². The van der Waals surface area contributed by atoms with Crippen LogP contribution in [0.4, 0.5) is 0 Å². The van der Waals surface area contributed by atoms with Crippen LogP contribution in [0.25, 0.3) is 0 Å². The van der Waals surface area contributed by atoms with Crippen molar-refractivity contribution in [2.45, 2.75) is 107 Å². The molecule has 11 amide bonds. The van der Waals surface area contributed by atoms with E-state index in [1.807, 2.05) is 0 Å². The Balaban J connectivity index is 2.16. The molecule has 29 heteroatoms. The number of aromatic hydroxyl groups is 2. The molecule has 0 aromatic heterocycles. The summed E-state index contributed by atoms with van der Waals surface area (Å²) in [5, 5.41) is 50.6. The van der Waals surface area contributed by atoms with Gasteiger partial charge in [-0.15, -0.1) is 0 Å². The van der Waals surface area contributed by atoms with E-state index in [4.69, 9.17) is 22.9 Å². The van der Waals surface area contributed by atoms with Crippen LogP contribution in [0.3, 0.4) is 0 Å². The van der Waals surface area contributed by atoms with Crippen LogP contribution < -0.4 is 70.8 Å². The van der Waals surface area contributed by atoms with Gasteiger partial charge in [0.25, 0.3) is 0 Å². The molecule has 0 spiro atoms. The number of nitrogens with one attached hydrogen (secondary N) is 9. The summed E-state index contributed by atoms with van der Waals surface area (Å²) < 4.78 is 0. The molecule has 2 rings (SSSR count). The largest absolute Gasteiger partial charge is 0.508 e. The van der Waals surface area contributed by atoms with E-state index in [1.54, 1.807) is 0 Å². The SMILES string of the molecule is CC(C)[C@@H](NC(=O)CNC(=O)[C@@H](CC(N)=O)NC(=O)CNC(=O)[C@H](Cc1ccc(O)cc1)NC(=O)[C@H](Cc1ccc(O)cc1)NC(=O)[C@@H](N)CCCCN)C(=O)N[C@H](CO)C(=O)N[C@H](CS)C(=O)N[C@H](C=O)CC(N)=O. The van der Waals surface area contributed by atoms with Gasteiger partial charge in [0.1, 0.15) is 54.0 Å². The Morgan fingerprint density at radius 1 is 0.566 bits per heavy atom. The third-order valence-electron chi connectivity index (χ3n) is 11.0. The fourth-order valence-corrected chi connectivity index (χ4v) is 7.15.